The number of likely N-dealkylation sites (tertiary alicyclic amines) is 1. The second kappa shape index (κ2) is 10.2. The van der Waals surface area contributed by atoms with Crippen molar-refractivity contribution in [1.82, 2.24) is 14.8 Å². The zero-order chi connectivity index (χ0) is 21.6. The van der Waals surface area contributed by atoms with Crippen LogP contribution in [0.2, 0.25) is 0 Å². The van der Waals surface area contributed by atoms with Crippen LogP contribution in [0.25, 0.3) is 10.2 Å². The predicted molar refractivity (Wildman–Crippen MR) is 127 cm³/mol. The average molecular weight is 438 g/mol. The highest BCUT2D eigenvalue weighted by Crippen LogP contribution is 2.31. The molecule has 0 atom stereocenters. The zero-order valence-electron chi connectivity index (χ0n) is 18.4. The molecule has 0 saturated carbocycles. The van der Waals surface area contributed by atoms with Crippen LogP contribution < -0.4 is 4.74 Å². The number of carbonyl (C=O) groups is 1. The summed E-state index contributed by atoms with van der Waals surface area (Å²) in [6.45, 7) is 8.36. The second-order valence-electron chi connectivity index (χ2n) is 8.41. The first kappa shape index (κ1) is 21.8. The third-order valence-corrected chi connectivity index (χ3v) is 6.78. The summed E-state index contributed by atoms with van der Waals surface area (Å²) in [4.78, 5) is 20.8. The molecule has 0 spiro atoms. The van der Waals surface area contributed by atoms with Crippen LogP contribution in [0, 0.1) is 0 Å². The summed E-state index contributed by atoms with van der Waals surface area (Å²) >= 11 is 1.57. The maximum atomic E-state index is 11.8. The van der Waals surface area contributed by atoms with Gasteiger partial charge in [-0.2, -0.15) is 0 Å². The van der Waals surface area contributed by atoms with Crippen molar-refractivity contribution in [3.63, 3.8) is 0 Å². The number of aromatic nitrogens is 1. The van der Waals surface area contributed by atoms with Crippen molar-refractivity contribution in [3.05, 3.63) is 54.1 Å². The summed E-state index contributed by atoms with van der Waals surface area (Å²) in [6.07, 6.45) is 3.79. The smallest absolute Gasteiger partial charge is 0.279 e. The molecule has 3 aromatic rings. The fourth-order valence-corrected chi connectivity index (χ4v) is 4.86. The van der Waals surface area contributed by atoms with Crippen LogP contribution in [0.4, 0.5) is 0 Å². The van der Waals surface area contributed by atoms with E-state index in [9.17, 15) is 4.79 Å². The van der Waals surface area contributed by atoms with Crippen LogP contribution in [0.15, 0.2) is 48.5 Å². The maximum absolute atomic E-state index is 11.8. The Kier molecular flexibility index (Phi) is 7.20. The Morgan fingerprint density at radius 3 is 2.65 bits per heavy atom. The molecule has 1 aromatic heterocycles. The number of benzene rings is 2. The van der Waals surface area contributed by atoms with Gasteiger partial charge in [-0.1, -0.05) is 35.6 Å². The first-order chi connectivity index (χ1) is 15.1. The lowest BCUT2D eigenvalue weighted by atomic mass is 10.1. The molecule has 0 unspecified atom stereocenters. The molecular formula is C25H31N3O2S. The van der Waals surface area contributed by atoms with Gasteiger partial charge in [0.25, 0.3) is 5.19 Å². The van der Waals surface area contributed by atoms with E-state index in [1.54, 1.807) is 11.3 Å². The molecule has 0 aliphatic carbocycles. The maximum Gasteiger partial charge on any atom is 0.279 e. The van der Waals surface area contributed by atoms with E-state index in [0.717, 1.165) is 67.8 Å². The minimum Gasteiger partial charge on any atom is -0.431 e. The molecule has 31 heavy (non-hydrogen) atoms. The monoisotopic (exact) mass is 437 g/mol. The van der Waals surface area contributed by atoms with Crippen molar-refractivity contribution in [2.45, 2.75) is 45.6 Å². The van der Waals surface area contributed by atoms with Gasteiger partial charge in [-0.3, -0.25) is 4.79 Å². The number of para-hydroxylation sites is 1. The number of carbonyl (C=O) groups excluding carboxylic acids is 1. The molecule has 0 radical (unpaired) electrons. The van der Waals surface area contributed by atoms with Crippen molar-refractivity contribution in [3.8, 4) is 10.9 Å². The fourth-order valence-electron chi connectivity index (χ4n) is 4.03. The van der Waals surface area contributed by atoms with Crippen molar-refractivity contribution in [2.24, 2.45) is 0 Å². The number of rotatable bonds is 10. The average Bonchev–Trinajstić information content (AvgIpc) is 3.36. The van der Waals surface area contributed by atoms with Gasteiger partial charge in [0, 0.05) is 38.6 Å². The molecule has 1 aliphatic heterocycles. The Morgan fingerprint density at radius 2 is 1.94 bits per heavy atom. The van der Waals surface area contributed by atoms with Crippen molar-refractivity contribution in [1.29, 1.82) is 0 Å². The largest absolute Gasteiger partial charge is 0.431 e. The minimum absolute atomic E-state index is 0.323. The van der Waals surface area contributed by atoms with Crippen LogP contribution in [-0.4, -0.2) is 52.9 Å². The number of hydrogen-bond acceptors (Lipinski definition) is 5. The third-order valence-electron chi connectivity index (χ3n) is 5.87. The van der Waals surface area contributed by atoms with E-state index in [2.05, 4.69) is 41.9 Å². The molecule has 2 heterocycles. The molecule has 1 amide bonds. The molecule has 1 saturated heterocycles. The summed E-state index contributed by atoms with van der Waals surface area (Å²) < 4.78 is 7.09. The Hall–Kier alpha value is -2.44. The van der Waals surface area contributed by atoms with E-state index >= 15 is 0 Å². The van der Waals surface area contributed by atoms with E-state index in [1.165, 1.54) is 5.56 Å². The third kappa shape index (κ3) is 5.83. The Labute approximate surface area is 188 Å². The van der Waals surface area contributed by atoms with E-state index < -0.39 is 0 Å². The Bertz CT molecular complexity index is 966. The first-order valence-electron chi connectivity index (χ1n) is 11.2. The fraction of sp³-hybridized carbons (Fsp3) is 0.440. The Balaban J connectivity index is 1.26. The van der Waals surface area contributed by atoms with Crippen LogP contribution in [0.5, 0.6) is 10.9 Å². The summed E-state index contributed by atoms with van der Waals surface area (Å²) in [5, 5.41) is 0.677. The zero-order valence-corrected chi connectivity index (χ0v) is 19.2. The van der Waals surface area contributed by atoms with Gasteiger partial charge in [0.15, 0.2) is 0 Å². The van der Waals surface area contributed by atoms with Crippen LogP contribution in [-0.2, 0) is 11.2 Å². The normalized spacial score (nSPS) is 14.3. The topological polar surface area (TPSA) is 45.7 Å². The highest BCUT2D eigenvalue weighted by atomic mass is 32.1. The Morgan fingerprint density at radius 1 is 1.13 bits per heavy atom. The molecule has 1 fully saturated rings. The minimum atomic E-state index is 0.323. The van der Waals surface area contributed by atoms with Gasteiger partial charge < -0.3 is 14.5 Å². The van der Waals surface area contributed by atoms with E-state index in [4.69, 9.17) is 4.74 Å². The SMILES string of the molecule is CC(C)N(CCCN1CCCC1=O)CCc1ccc(Oc2nc3ccccc3s2)cc1. The van der Waals surface area contributed by atoms with Gasteiger partial charge in [-0.25, -0.2) is 4.98 Å². The molecule has 0 bridgehead atoms. The molecule has 4 rings (SSSR count). The van der Waals surface area contributed by atoms with Crippen molar-refractivity contribution >= 4 is 27.5 Å². The van der Waals surface area contributed by atoms with Gasteiger partial charge in [-0.05, 0) is 62.9 Å². The molecular weight excluding hydrogens is 406 g/mol. The number of nitrogens with zero attached hydrogens (tertiary/aromatic N) is 3. The van der Waals surface area contributed by atoms with Crippen molar-refractivity contribution in [2.75, 3.05) is 26.2 Å². The number of thiazole rings is 1. The molecule has 164 valence electrons. The van der Waals surface area contributed by atoms with Gasteiger partial charge in [0.1, 0.15) is 5.75 Å². The number of fused-ring (bicyclic) bond motifs is 1. The van der Waals surface area contributed by atoms with Crippen LogP contribution >= 0.6 is 11.3 Å². The van der Waals surface area contributed by atoms with E-state index in [0.29, 0.717) is 17.1 Å². The summed E-state index contributed by atoms with van der Waals surface area (Å²) in [6, 6.07) is 16.9. The van der Waals surface area contributed by atoms with Gasteiger partial charge in [0.2, 0.25) is 5.91 Å². The second-order valence-corrected chi connectivity index (χ2v) is 9.40. The molecule has 2 aromatic carbocycles. The summed E-state index contributed by atoms with van der Waals surface area (Å²) in [7, 11) is 0. The lowest BCUT2D eigenvalue weighted by molar-refractivity contribution is -0.127. The first-order valence-corrected chi connectivity index (χ1v) is 12.0. The molecule has 0 N–H and O–H groups in total. The lowest BCUT2D eigenvalue weighted by Crippen LogP contribution is -2.36. The summed E-state index contributed by atoms with van der Waals surface area (Å²) in [5.41, 5.74) is 2.28. The number of ether oxygens (including phenoxy) is 1. The molecule has 1 aliphatic rings. The van der Waals surface area contributed by atoms with Crippen molar-refractivity contribution < 1.29 is 9.53 Å². The molecule has 5 nitrogen and oxygen atoms in total. The van der Waals surface area contributed by atoms with Gasteiger partial charge in [-0.15, -0.1) is 0 Å². The highest BCUT2D eigenvalue weighted by molar-refractivity contribution is 7.20. The highest BCUT2D eigenvalue weighted by Gasteiger charge is 2.20. The standard InChI is InChI=1S/C25H31N3O2S/c1-19(2)27(16-6-17-28-15-5-9-24(28)29)18-14-20-10-12-21(13-11-20)30-25-26-22-7-3-4-8-23(22)31-25/h3-4,7-8,10-13,19H,5-6,9,14-18H2,1-2H3. The van der Waals surface area contributed by atoms with E-state index in [1.807, 2.05) is 35.2 Å². The lowest BCUT2D eigenvalue weighted by Gasteiger charge is -2.27. The van der Waals surface area contributed by atoms with Gasteiger partial charge >= 0.3 is 0 Å². The predicted octanol–water partition coefficient (Wildman–Crippen LogP) is 5.35. The van der Waals surface area contributed by atoms with E-state index in [-0.39, 0.29) is 0 Å². The van der Waals surface area contributed by atoms with Crippen LogP contribution in [0.1, 0.15) is 38.7 Å². The molecule has 6 heteroatoms. The summed E-state index contributed by atoms with van der Waals surface area (Å²) in [5.74, 6) is 1.14. The quantitative estimate of drug-likeness (QED) is 0.429. The van der Waals surface area contributed by atoms with Gasteiger partial charge in [0.05, 0.1) is 10.2 Å². The van der Waals surface area contributed by atoms with Crippen LogP contribution in [0.3, 0.4) is 0 Å². The number of hydrogen-bond donors (Lipinski definition) is 0. The number of amides is 1.